The van der Waals surface area contributed by atoms with Gasteiger partial charge in [0.1, 0.15) is 5.71 Å². The molecule has 2 aliphatic heterocycles. The van der Waals surface area contributed by atoms with Gasteiger partial charge in [-0.25, -0.2) is 4.98 Å². The van der Waals surface area contributed by atoms with Gasteiger partial charge in [0.2, 0.25) is 0 Å². The highest BCUT2D eigenvalue weighted by Gasteiger charge is 2.31. The molecule has 25 heavy (non-hydrogen) atoms. The van der Waals surface area contributed by atoms with E-state index in [0.29, 0.717) is 17.9 Å². The molecule has 7 nitrogen and oxygen atoms in total. The Labute approximate surface area is 148 Å². The summed E-state index contributed by atoms with van der Waals surface area (Å²) in [6.07, 6.45) is 2.28. The fourth-order valence-electron chi connectivity index (χ4n) is 3.30. The molecule has 0 amide bonds. The second-order valence-corrected chi connectivity index (χ2v) is 7.14. The predicted molar refractivity (Wildman–Crippen MR) is 95.0 cm³/mol. The van der Waals surface area contributed by atoms with E-state index in [1.807, 2.05) is 5.38 Å². The van der Waals surface area contributed by atoms with Crippen LogP contribution in [-0.2, 0) is 4.84 Å². The highest BCUT2D eigenvalue weighted by atomic mass is 32.1. The smallest absolute Gasteiger partial charge is 0.276 e. The molecule has 0 bridgehead atoms. The summed E-state index contributed by atoms with van der Waals surface area (Å²) in [6.45, 7) is 2.06. The van der Waals surface area contributed by atoms with Crippen molar-refractivity contribution in [3.8, 4) is 0 Å². The van der Waals surface area contributed by atoms with Crippen molar-refractivity contribution < 1.29 is 9.76 Å². The zero-order chi connectivity index (χ0) is 17.2. The Morgan fingerprint density at radius 2 is 2.08 bits per heavy atom. The summed E-state index contributed by atoms with van der Waals surface area (Å²) in [7, 11) is 0. The van der Waals surface area contributed by atoms with Crippen LogP contribution in [0, 0.1) is 10.1 Å². The number of rotatable bonds is 4. The number of oxime groups is 1. The molecule has 1 fully saturated rings. The van der Waals surface area contributed by atoms with E-state index in [-0.39, 0.29) is 10.6 Å². The Balaban J connectivity index is 1.49. The molecule has 0 saturated carbocycles. The minimum atomic E-state index is -0.430. The molecule has 4 rings (SSSR count). The number of benzene rings is 1. The van der Waals surface area contributed by atoms with Crippen molar-refractivity contribution in [3.05, 3.63) is 56.0 Å². The van der Waals surface area contributed by atoms with Gasteiger partial charge in [-0.2, -0.15) is 0 Å². The van der Waals surface area contributed by atoms with E-state index in [2.05, 4.69) is 10.5 Å². The molecule has 1 saturated heterocycles. The summed E-state index contributed by atoms with van der Waals surface area (Å²) in [4.78, 5) is 21.1. The number of nitro benzene ring substituents is 1. The van der Waals surface area contributed by atoms with Crippen molar-refractivity contribution in [2.75, 3.05) is 13.1 Å². The highest BCUT2D eigenvalue weighted by molar-refractivity contribution is 7.09. The number of hydrogen-bond acceptors (Lipinski definition) is 7. The van der Waals surface area contributed by atoms with Crippen LogP contribution in [0.2, 0.25) is 0 Å². The molecule has 0 spiro atoms. The monoisotopic (exact) mass is 358 g/mol. The Kier molecular flexibility index (Phi) is 4.46. The molecule has 1 atom stereocenters. The third kappa shape index (κ3) is 3.27. The summed E-state index contributed by atoms with van der Waals surface area (Å²) in [6, 6.07) is 6.66. The largest absolute Gasteiger partial charge is 0.387 e. The molecule has 1 aromatic heterocycles. The summed E-state index contributed by atoms with van der Waals surface area (Å²) in [5, 5.41) is 21.9. The van der Waals surface area contributed by atoms with Gasteiger partial charge < -0.3 is 10.2 Å². The minimum absolute atomic E-state index is 0.0672. The molecular formula is C17H18N4O3S. The SMILES string of the molecule is O=[N+]([O-])c1ccccc1C1CC(c2csc(C3CCNCC3)n2)=NO1. The van der Waals surface area contributed by atoms with E-state index in [1.54, 1.807) is 29.5 Å². The van der Waals surface area contributed by atoms with Crippen LogP contribution in [0.25, 0.3) is 0 Å². The van der Waals surface area contributed by atoms with Crippen molar-refractivity contribution in [2.45, 2.75) is 31.3 Å². The van der Waals surface area contributed by atoms with E-state index >= 15 is 0 Å². The molecular weight excluding hydrogens is 340 g/mol. The highest BCUT2D eigenvalue weighted by Crippen LogP contribution is 2.35. The number of aromatic nitrogens is 1. The number of nitrogens with one attached hydrogen (secondary N) is 1. The van der Waals surface area contributed by atoms with Crippen LogP contribution >= 0.6 is 11.3 Å². The molecule has 1 unspecified atom stereocenters. The Morgan fingerprint density at radius 3 is 2.88 bits per heavy atom. The van der Waals surface area contributed by atoms with Crippen LogP contribution in [0.1, 0.15) is 47.5 Å². The molecule has 130 valence electrons. The predicted octanol–water partition coefficient (Wildman–Crippen LogP) is 3.38. The maximum Gasteiger partial charge on any atom is 0.276 e. The van der Waals surface area contributed by atoms with Gasteiger partial charge in [0.05, 0.1) is 21.2 Å². The van der Waals surface area contributed by atoms with Crippen LogP contribution in [0.4, 0.5) is 5.69 Å². The number of thiazole rings is 1. The molecule has 8 heteroatoms. The maximum atomic E-state index is 11.2. The summed E-state index contributed by atoms with van der Waals surface area (Å²) < 4.78 is 0. The topological polar surface area (TPSA) is 89.7 Å². The first-order valence-corrected chi connectivity index (χ1v) is 9.23. The van der Waals surface area contributed by atoms with Crippen molar-refractivity contribution in [1.82, 2.24) is 10.3 Å². The van der Waals surface area contributed by atoms with Crippen molar-refractivity contribution >= 4 is 22.7 Å². The quantitative estimate of drug-likeness (QED) is 0.668. The zero-order valence-corrected chi connectivity index (χ0v) is 14.4. The van der Waals surface area contributed by atoms with E-state index in [9.17, 15) is 10.1 Å². The number of nitro groups is 1. The van der Waals surface area contributed by atoms with Crippen LogP contribution in [0.15, 0.2) is 34.8 Å². The molecule has 2 aliphatic rings. The van der Waals surface area contributed by atoms with Gasteiger partial charge in [0, 0.05) is 23.8 Å². The van der Waals surface area contributed by atoms with Gasteiger partial charge in [0.25, 0.3) is 5.69 Å². The zero-order valence-electron chi connectivity index (χ0n) is 13.6. The lowest BCUT2D eigenvalue weighted by molar-refractivity contribution is -0.386. The van der Waals surface area contributed by atoms with Gasteiger partial charge in [-0.05, 0) is 32.0 Å². The number of hydrogen-bond donors (Lipinski definition) is 1. The fraction of sp³-hybridized carbons (Fsp3) is 0.412. The normalized spacial score (nSPS) is 21.0. The number of nitrogens with zero attached hydrogens (tertiary/aromatic N) is 3. The van der Waals surface area contributed by atoms with E-state index in [0.717, 1.165) is 42.3 Å². The van der Waals surface area contributed by atoms with E-state index in [4.69, 9.17) is 9.82 Å². The van der Waals surface area contributed by atoms with Gasteiger partial charge >= 0.3 is 0 Å². The standard InChI is InChI=1S/C17H18N4O3S/c22-21(23)15-4-2-1-3-12(15)16-9-13(20-24-16)14-10-25-17(19-14)11-5-7-18-8-6-11/h1-4,10-11,16,18H,5-9H2. The molecule has 2 aromatic rings. The number of para-hydroxylation sites is 1. The van der Waals surface area contributed by atoms with Crippen molar-refractivity contribution in [1.29, 1.82) is 0 Å². The van der Waals surface area contributed by atoms with Crippen LogP contribution in [0.3, 0.4) is 0 Å². The maximum absolute atomic E-state index is 11.2. The van der Waals surface area contributed by atoms with Gasteiger partial charge in [-0.15, -0.1) is 11.3 Å². The van der Waals surface area contributed by atoms with Crippen molar-refractivity contribution in [2.24, 2.45) is 5.16 Å². The molecule has 1 N–H and O–H groups in total. The lowest BCUT2D eigenvalue weighted by Gasteiger charge is -2.20. The lowest BCUT2D eigenvalue weighted by atomic mass is 9.99. The molecule has 0 radical (unpaired) electrons. The van der Waals surface area contributed by atoms with Crippen molar-refractivity contribution in [3.63, 3.8) is 0 Å². The molecule has 0 aliphatic carbocycles. The van der Waals surface area contributed by atoms with Gasteiger partial charge in [0.15, 0.2) is 6.10 Å². The van der Waals surface area contributed by atoms with Gasteiger partial charge in [-0.3, -0.25) is 10.1 Å². The average Bonchev–Trinajstić information content (AvgIpc) is 3.32. The van der Waals surface area contributed by atoms with E-state index < -0.39 is 6.10 Å². The Hall–Kier alpha value is -2.32. The first kappa shape index (κ1) is 16.2. The second kappa shape index (κ2) is 6.89. The fourth-order valence-corrected chi connectivity index (χ4v) is 4.30. The Bertz CT molecular complexity index is 814. The molecule has 1 aromatic carbocycles. The third-order valence-electron chi connectivity index (χ3n) is 4.66. The van der Waals surface area contributed by atoms with E-state index in [1.165, 1.54) is 6.07 Å². The van der Waals surface area contributed by atoms with Crippen LogP contribution in [-0.4, -0.2) is 28.7 Å². The molecule has 3 heterocycles. The summed E-state index contributed by atoms with van der Waals surface area (Å²) in [5.41, 5.74) is 2.22. The average molecular weight is 358 g/mol. The first-order chi connectivity index (χ1) is 12.2. The second-order valence-electron chi connectivity index (χ2n) is 6.25. The summed E-state index contributed by atoms with van der Waals surface area (Å²) in [5.74, 6) is 0.508. The minimum Gasteiger partial charge on any atom is -0.387 e. The Morgan fingerprint density at radius 1 is 1.28 bits per heavy atom. The van der Waals surface area contributed by atoms with Crippen LogP contribution < -0.4 is 5.32 Å². The summed E-state index contributed by atoms with van der Waals surface area (Å²) >= 11 is 1.66. The lowest BCUT2D eigenvalue weighted by Crippen LogP contribution is -2.26. The first-order valence-electron chi connectivity index (χ1n) is 8.35. The number of piperidine rings is 1. The third-order valence-corrected chi connectivity index (χ3v) is 5.66. The van der Waals surface area contributed by atoms with Crippen LogP contribution in [0.5, 0.6) is 0 Å². The van der Waals surface area contributed by atoms with Gasteiger partial charge in [-0.1, -0.05) is 17.3 Å².